The summed E-state index contributed by atoms with van der Waals surface area (Å²) in [5.74, 6) is -0.336. The van der Waals surface area contributed by atoms with Crippen molar-refractivity contribution in [3.05, 3.63) is 46.1 Å². The molecule has 0 fully saturated rings. The third-order valence-electron chi connectivity index (χ3n) is 1.58. The SMILES string of the molecule is CC(N=[N+]=[N-])c1ccccc1F. The van der Waals surface area contributed by atoms with Crippen LogP contribution in [0.3, 0.4) is 0 Å². The van der Waals surface area contributed by atoms with Gasteiger partial charge in [0.15, 0.2) is 0 Å². The quantitative estimate of drug-likeness (QED) is 0.367. The average molecular weight is 165 g/mol. The lowest BCUT2D eigenvalue weighted by Gasteiger charge is -2.04. The molecule has 62 valence electrons. The standard InChI is InChI=1S/C8H8FN3/c1-6(11-12-10)7-4-2-3-5-8(7)9/h2-6H,1H3. The van der Waals surface area contributed by atoms with Gasteiger partial charge in [-0.05, 0) is 17.2 Å². The van der Waals surface area contributed by atoms with Crippen molar-refractivity contribution in [1.82, 2.24) is 0 Å². The van der Waals surface area contributed by atoms with Gasteiger partial charge in [-0.25, -0.2) is 4.39 Å². The van der Waals surface area contributed by atoms with E-state index < -0.39 is 6.04 Å². The van der Waals surface area contributed by atoms with Gasteiger partial charge in [0, 0.05) is 4.91 Å². The van der Waals surface area contributed by atoms with Crippen LogP contribution in [-0.2, 0) is 0 Å². The molecule has 0 bridgehead atoms. The van der Waals surface area contributed by atoms with Gasteiger partial charge in [-0.2, -0.15) is 0 Å². The fraction of sp³-hybridized carbons (Fsp3) is 0.250. The van der Waals surface area contributed by atoms with Crippen LogP contribution in [0.25, 0.3) is 10.4 Å². The Hall–Kier alpha value is -1.54. The molecule has 1 unspecified atom stereocenters. The molecule has 12 heavy (non-hydrogen) atoms. The van der Waals surface area contributed by atoms with Crippen molar-refractivity contribution < 1.29 is 4.39 Å². The van der Waals surface area contributed by atoms with E-state index >= 15 is 0 Å². The summed E-state index contributed by atoms with van der Waals surface area (Å²) >= 11 is 0. The molecule has 1 aromatic carbocycles. The molecule has 0 aliphatic carbocycles. The number of azide groups is 1. The van der Waals surface area contributed by atoms with Gasteiger partial charge < -0.3 is 0 Å². The number of rotatable bonds is 2. The first-order valence-corrected chi connectivity index (χ1v) is 3.54. The van der Waals surface area contributed by atoms with Crippen LogP contribution in [0, 0.1) is 5.82 Å². The van der Waals surface area contributed by atoms with Crippen molar-refractivity contribution in [1.29, 1.82) is 0 Å². The van der Waals surface area contributed by atoms with Gasteiger partial charge in [0.1, 0.15) is 5.82 Å². The molecular formula is C8H8FN3. The Bertz CT molecular complexity index is 318. The molecule has 0 radical (unpaired) electrons. The van der Waals surface area contributed by atoms with Crippen molar-refractivity contribution in [3.8, 4) is 0 Å². The predicted octanol–water partition coefficient (Wildman–Crippen LogP) is 3.20. The molecule has 1 atom stereocenters. The van der Waals surface area contributed by atoms with Gasteiger partial charge in [0.05, 0.1) is 6.04 Å². The number of hydrogen-bond acceptors (Lipinski definition) is 1. The molecule has 0 heterocycles. The highest BCUT2D eigenvalue weighted by molar-refractivity contribution is 5.20. The Balaban J connectivity index is 3.02. The highest BCUT2D eigenvalue weighted by Crippen LogP contribution is 2.19. The van der Waals surface area contributed by atoms with E-state index in [1.165, 1.54) is 6.07 Å². The maximum absolute atomic E-state index is 13.0. The molecule has 0 aromatic heterocycles. The third-order valence-corrected chi connectivity index (χ3v) is 1.58. The van der Waals surface area contributed by atoms with Crippen LogP contribution in [0.15, 0.2) is 29.4 Å². The van der Waals surface area contributed by atoms with Crippen LogP contribution >= 0.6 is 0 Å². The van der Waals surface area contributed by atoms with E-state index in [0.717, 1.165) is 0 Å². The summed E-state index contributed by atoms with van der Waals surface area (Å²) in [6, 6.07) is 5.81. The second-order valence-corrected chi connectivity index (χ2v) is 2.40. The summed E-state index contributed by atoms with van der Waals surface area (Å²) in [5.41, 5.74) is 8.55. The minimum Gasteiger partial charge on any atom is -0.207 e. The first kappa shape index (κ1) is 8.56. The first-order chi connectivity index (χ1) is 5.75. The van der Waals surface area contributed by atoms with Crippen LogP contribution < -0.4 is 0 Å². The molecule has 0 aliphatic rings. The monoisotopic (exact) mass is 165 g/mol. The van der Waals surface area contributed by atoms with E-state index in [0.29, 0.717) is 5.56 Å². The molecule has 0 aliphatic heterocycles. The van der Waals surface area contributed by atoms with E-state index in [1.807, 2.05) is 0 Å². The third kappa shape index (κ3) is 1.74. The summed E-state index contributed by atoms with van der Waals surface area (Å²) < 4.78 is 13.0. The molecule has 3 nitrogen and oxygen atoms in total. The van der Waals surface area contributed by atoms with E-state index in [-0.39, 0.29) is 5.82 Å². The zero-order valence-corrected chi connectivity index (χ0v) is 6.61. The second-order valence-electron chi connectivity index (χ2n) is 2.40. The Labute approximate surface area is 69.5 Å². The molecule has 1 aromatic rings. The molecule has 0 saturated carbocycles. The first-order valence-electron chi connectivity index (χ1n) is 3.54. The molecule has 1 rings (SSSR count). The van der Waals surface area contributed by atoms with Crippen LogP contribution in [-0.4, -0.2) is 0 Å². The van der Waals surface area contributed by atoms with E-state index in [9.17, 15) is 4.39 Å². The van der Waals surface area contributed by atoms with Gasteiger partial charge in [0.25, 0.3) is 0 Å². The van der Waals surface area contributed by atoms with E-state index in [1.54, 1.807) is 25.1 Å². The van der Waals surface area contributed by atoms with Crippen molar-refractivity contribution >= 4 is 0 Å². The van der Waals surface area contributed by atoms with Crippen LogP contribution in [0.5, 0.6) is 0 Å². The lowest BCUT2D eigenvalue weighted by Crippen LogP contribution is -1.91. The Morgan fingerprint density at radius 1 is 1.50 bits per heavy atom. The number of benzene rings is 1. The topological polar surface area (TPSA) is 48.8 Å². The van der Waals surface area contributed by atoms with Crippen LogP contribution in [0.1, 0.15) is 18.5 Å². The zero-order chi connectivity index (χ0) is 8.97. The smallest absolute Gasteiger partial charge is 0.126 e. The maximum atomic E-state index is 13.0. The highest BCUT2D eigenvalue weighted by Gasteiger charge is 2.06. The molecule has 0 N–H and O–H groups in total. The number of halogens is 1. The Morgan fingerprint density at radius 3 is 2.75 bits per heavy atom. The predicted molar refractivity (Wildman–Crippen MR) is 44.0 cm³/mol. The highest BCUT2D eigenvalue weighted by atomic mass is 19.1. The fourth-order valence-electron chi connectivity index (χ4n) is 0.954. The van der Waals surface area contributed by atoms with Crippen molar-refractivity contribution in [2.75, 3.05) is 0 Å². The van der Waals surface area contributed by atoms with Crippen molar-refractivity contribution in [3.63, 3.8) is 0 Å². The Kier molecular flexibility index (Phi) is 2.66. The lowest BCUT2D eigenvalue weighted by molar-refractivity contribution is 0.593. The van der Waals surface area contributed by atoms with Gasteiger partial charge >= 0.3 is 0 Å². The van der Waals surface area contributed by atoms with Gasteiger partial charge in [-0.15, -0.1) is 0 Å². The summed E-state index contributed by atoms with van der Waals surface area (Å²) in [5, 5.41) is 3.40. The zero-order valence-electron chi connectivity index (χ0n) is 6.61. The minimum atomic E-state index is -0.448. The average Bonchev–Trinajstić information content (AvgIpc) is 2.05. The minimum absolute atomic E-state index is 0.336. The van der Waals surface area contributed by atoms with E-state index in [4.69, 9.17) is 5.53 Å². The number of hydrogen-bond donors (Lipinski definition) is 0. The summed E-state index contributed by atoms with van der Waals surface area (Å²) in [6.07, 6.45) is 0. The van der Waals surface area contributed by atoms with Crippen molar-refractivity contribution in [2.24, 2.45) is 5.11 Å². The lowest BCUT2D eigenvalue weighted by atomic mass is 10.1. The summed E-state index contributed by atoms with van der Waals surface area (Å²) in [7, 11) is 0. The molecule has 4 heteroatoms. The number of nitrogens with zero attached hydrogens (tertiary/aromatic N) is 3. The van der Waals surface area contributed by atoms with Crippen LogP contribution in [0.4, 0.5) is 4.39 Å². The summed E-state index contributed by atoms with van der Waals surface area (Å²) in [4.78, 5) is 2.61. The van der Waals surface area contributed by atoms with Crippen LogP contribution in [0.2, 0.25) is 0 Å². The van der Waals surface area contributed by atoms with Gasteiger partial charge in [0.2, 0.25) is 0 Å². The normalized spacial score (nSPS) is 11.8. The Morgan fingerprint density at radius 2 is 2.17 bits per heavy atom. The van der Waals surface area contributed by atoms with Gasteiger partial charge in [-0.1, -0.05) is 30.2 Å². The molecule has 0 saturated heterocycles. The fourth-order valence-corrected chi connectivity index (χ4v) is 0.954. The summed E-state index contributed by atoms with van der Waals surface area (Å²) in [6.45, 7) is 1.65. The van der Waals surface area contributed by atoms with E-state index in [2.05, 4.69) is 10.0 Å². The molecule has 0 spiro atoms. The molecule has 0 amide bonds. The largest absolute Gasteiger partial charge is 0.207 e. The van der Waals surface area contributed by atoms with Crippen molar-refractivity contribution in [2.45, 2.75) is 13.0 Å². The van der Waals surface area contributed by atoms with Gasteiger partial charge in [-0.3, -0.25) is 0 Å². The molecular weight excluding hydrogens is 157 g/mol. The second kappa shape index (κ2) is 3.74. The maximum Gasteiger partial charge on any atom is 0.126 e.